The van der Waals surface area contributed by atoms with Crippen molar-refractivity contribution < 1.29 is 29.2 Å². The minimum atomic E-state index is -0.843. The Morgan fingerprint density at radius 3 is 1.81 bits per heavy atom. The van der Waals surface area contributed by atoms with Crippen LogP contribution in [0.1, 0.15) is 0 Å². The smallest absolute Gasteiger partial charge is 0.114 e. The number of hydrogen-bond acceptors (Lipinski definition) is 6. The number of rotatable bonds is 9. The van der Waals surface area contributed by atoms with Crippen LogP contribution in [0.15, 0.2) is 0 Å². The van der Waals surface area contributed by atoms with Gasteiger partial charge in [-0.2, -0.15) is 0 Å². The molecule has 0 amide bonds. The highest BCUT2D eigenvalue weighted by molar-refractivity contribution is 4.84. The molecular formula is C10H22O6. The van der Waals surface area contributed by atoms with Crippen LogP contribution in [0.4, 0.5) is 0 Å². The summed E-state index contributed by atoms with van der Waals surface area (Å²) in [5.41, 5.74) is 0. The Balaban J connectivity index is 4.59. The van der Waals surface area contributed by atoms with E-state index in [0.29, 0.717) is 0 Å². The van der Waals surface area contributed by atoms with Gasteiger partial charge in [-0.3, -0.25) is 0 Å². The first-order valence-corrected chi connectivity index (χ1v) is 5.02. The van der Waals surface area contributed by atoms with E-state index in [1.807, 2.05) is 0 Å². The van der Waals surface area contributed by atoms with Gasteiger partial charge in [0.1, 0.15) is 24.4 Å². The lowest BCUT2D eigenvalue weighted by Crippen LogP contribution is -2.50. The number of methoxy groups -OCH3 is 4. The van der Waals surface area contributed by atoms with Crippen LogP contribution in [0.2, 0.25) is 0 Å². The van der Waals surface area contributed by atoms with E-state index in [2.05, 4.69) is 0 Å². The van der Waals surface area contributed by atoms with E-state index in [9.17, 15) is 5.11 Å². The van der Waals surface area contributed by atoms with E-state index in [4.69, 9.17) is 24.1 Å². The topological polar surface area (TPSA) is 77.4 Å². The normalized spacial score (nSPS) is 19.1. The highest BCUT2D eigenvalue weighted by Gasteiger charge is 2.34. The Labute approximate surface area is 96.1 Å². The molecule has 2 N–H and O–H groups in total. The van der Waals surface area contributed by atoms with Crippen LogP contribution in [0.3, 0.4) is 0 Å². The lowest BCUT2D eigenvalue weighted by Gasteiger charge is -2.32. The number of ether oxygens (including phenoxy) is 4. The first-order valence-electron chi connectivity index (χ1n) is 5.02. The van der Waals surface area contributed by atoms with Gasteiger partial charge in [0.15, 0.2) is 0 Å². The van der Waals surface area contributed by atoms with E-state index < -0.39 is 24.4 Å². The quantitative estimate of drug-likeness (QED) is 0.538. The van der Waals surface area contributed by atoms with Gasteiger partial charge in [-0.15, -0.1) is 0 Å². The summed E-state index contributed by atoms with van der Waals surface area (Å²) in [7, 11) is 5.87. The second kappa shape index (κ2) is 8.86. The molecule has 0 aliphatic carbocycles. The van der Waals surface area contributed by atoms with Crippen molar-refractivity contribution in [3.63, 3.8) is 0 Å². The summed E-state index contributed by atoms with van der Waals surface area (Å²) in [6.45, 7) is -0.0885. The van der Waals surface area contributed by atoms with Crippen LogP contribution < -0.4 is 0 Å². The Kier molecular flexibility index (Phi) is 8.73. The Morgan fingerprint density at radius 1 is 0.938 bits per heavy atom. The summed E-state index contributed by atoms with van der Waals surface area (Å²) in [5.74, 6) is 0. The van der Waals surface area contributed by atoms with E-state index >= 15 is 0 Å². The summed E-state index contributed by atoms with van der Waals surface area (Å²) in [4.78, 5) is 0. The SMILES string of the molecule is COCC(O)C(OC)C(OC)C(CO)OC. The molecule has 6 nitrogen and oxygen atoms in total. The molecule has 0 saturated heterocycles. The molecule has 0 aromatic heterocycles. The highest BCUT2D eigenvalue weighted by atomic mass is 16.6. The van der Waals surface area contributed by atoms with Crippen LogP contribution in [-0.4, -0.2) is 76.3 Å². The Morgan fingerprint density at radius 2 is 1.50 bits per heavy atom. The molecule has 4 atom stereocenters. The van der Waals surface area contributed by atoms with Crippen molar-refractivity contribution in [2.45, 2.75) is 24.4 Å². The van der Waals surface area contributed by atoms with Crippen LogP contribution in [0.25, 0.3) is 0 Å². The van der Waals surface area contributed by atoms with Crippen molar-refractivity contribution in [2.24, 2.45) is 0 Å². The summed E-state index contributed by atoms with van der Waals surface area (Å²) >= 11 is 0. The molecule has 0 aromatic carbocycles. The van der Waals surface area contributed by atoms with Gasteiger partial charge in [-0.1, -0.05) is 0 Å². The predicted molar refractivity (Wildman–Crippen MR) is 57.4 cm³/mol. The third kappa shape index (κ3) is 4.32. The minimum absolute atomic E-state index is 0.125. The third-order valence-electron chi connectivity index (χ3n) is 2.43. The van der Waals surface area contributed by atoms with Crippen molar-refractivity contribution in [2.75, 3.05) is 41.7 Å². The van der Waals surface area contributed by atoms with Gasteiger partial charge in [-0.05, 0) is 0 Å². The first kappa shape index (κ1) is 15.8. The fourth-order valence-electron chi connectivity index (χ4n) is 1.59. The van der Waals surface area contributed by atoms with Crippen LogP contribution >= 0.6 is 0 Å². The van der Waals surface area contributed by atoms with Gasteiger partial charge < -0.3 is 29.2 Å². The molecule has 0 spiro atoms. The summed E-state index contributed by atoms with van der Waals surface area (Å²) in [5, 5.41) is 18.9. The van der Waals surface area contributed by atoms with E-state index in [1.54, 1.807) is 0 Å². The zero-order valence-electron chi connectivity index (χ0n) is 10.3. The van der Waals surface area contributed by atoms with Gasteiger partial charge in [-0.25, -0.2) is 0 Å². The predicted octanol–water partition coefficient (Wildman–Crippen LogP) is -0.969. The van der Waals surface area contributed by atoms with Gasteiger partial charge in [0, 0.05) is 28.4 Å². The van der Waals surface area contributed by atoms with Gasteiger partial charge >= 0.3 is 0 Å². The molecule has 0 aliphatic rings. The summed E-state index contributed by atoms with van der Waals surface area (Å²) < 4.78 is 20.2. The van der Waals surface area contributed by atoms with Gasteiger partial charge in [0.25, 0.3) is 0 Å². The van der Waals surface area contributed by atoms with Crippen LogP contribution in [0.5, 0.6) is 0 Å². The Bertz CT molecular complexity index is 161. The average molecular weight is 238 g/mol. The van der Waals surface area contributed by atoms with Crippen LogP contribution in [-0.2, 0) is 18.9 Å². The maximum atomic E-state index is 9.78. The monoisotopic (exact) mass is 238 g/mol. The second-order valence-electron chi connectivity index (χ2n) is 3.38. The zero-order chi connectivity index (χ0) is 12.6. The molecule has 0 rings (SSSR count). The number of hydrogen-bond donors (Lipinski definition) is 2. The van der Waals surface area contributed by atoms with Crippen molar-refractivity contribution in [1.82, 2.24) is 0 Å². The number of aliphatic hydroxyl groups is 2. The van der Waals surface area contributed by atoms with Crippen molar-refractivity contribution in [1.29, 1.82) is 0 Å². The van der Waals surface area contributed by atoms with Crippen molar-refractivity contribution >= 4 is 0 Å². The van der Waals surface area contributed by atoms with Crippen molar-refractivity contribution in [3.8, 4) is 0 Å². The molecule has 0 fully saturated rings. The minimum Gasteiger partial charge on any atom is -0.394 e. The van der Waals surface area contributed by atoms with E-state index in [0.717, 1.165) is 0 Å². The molecule has 16 heavy (non-hydrogen) atoms. The zero-order valence-corrected chi connectivity index (χ0v) is 10.3. The van der Waals surface area contributed by atoms with Crippen molar-refractivity contribution in [3.05, 3.63) is 0 Å². The molecule has 6 heteroatoms. The molecule has 0 saturated carbocycles. The third-order valence-corrected chi connectivity index (χ3v) is 2.43. The molecule has 98 valence electrons. The van der Waals surface area contributed by atoms with Gasteiger partial charge in [0.2, 0.25) is 0 Å². The Hall–Kier alpha value is -0.240. The molecule has 0 aromatic rings. The molecule has 4 unspecified atom stereocenters. The van der Waals surface area contributed by atoms with E-state index in [1.165, 1.54) is 28.4 Å². The lowest BCUT2D eigenvalue weighted by atomic mass is 10.0. The maximum absolute atomic E-state index is 9.78. The molecule has 0 bridgehead atoms. The molecule has 0 aliphatic heterocycles. The van der Waals surface area contributed by atoms with Crippen LogP contribution in [0, 0.1) is 0 Å². The standard InChI is InChI=1S/C10H22O6/c1-13-6-7(12)9(15-3)10(16-4)8(5-11)14-2/h7-12H,5-6H2,1-4H3. The first-order chi connectivity index (χ1) is 7.65. The largest absolute Gasteiger partial charge is 0.394 e. The average Bonchev–Trinajstić information content (AvgIpc) is 2.29. The maximum Gasteiger partial charge on any atom is 0.114 e. The molecule has 0 heterocycles. The second-order valence-corrected chi connectivity index (χ2v) is 3.38. The fraction of sp³-hybridized carbons (Fsp3) is 1.00. The lowest BCUT2D eigenvalue weighted by molar-refractivity contribution is -0.158. The summed E-state index contributed by atoms with van der Waals surface area (Å²) in [6.07, 6.45) is -2.59. The fourth-order valence-corrected chi connectivity index (χ4v) is 1.59. The summed E-state index contributed by atoms with van der Waals surface area (Å²) in [6, 6.07) is 0. The van der Waals surface area contributed by atoms with Gasteiger partial charge in [0.05, 0.1) is 13.2 Å². The highest BCUT2D eigenvalue weighted by Crippen LogP contribution is 2.14. The van der Waals surface area contributed by atoms with E-state index in [-0.39, 0.29) is 13.2 Å². The molecule has 0 radical (unpaired) electrons. The molecular weight excluding hydrogens is 216 g/mol. The number of aliphatic hydroxyl groups excluding tert-OH is 2.